The summed E-state index contributed by atoms with van der Waals surface area (Å²) < 4.78 is 5.08. The van der Waals surface area contributed by atoms with Gasteiger partial charge in [0.25, 0.3) is 5.69 Å². The summed E-state index contributed by atoms with van der Waals surface area (Å²) in [5.74, 6) is -0.239. The van der Waals surface area contributed by atoms with Gasteiger partial charge in [-0.25, -0.2) is 0 Å². The van der Waals surface area contributed by atoms with Crippen molar-refractivity contribution in [1.82, 2.24) is 0 Å². The molecule has 86 valence electrons. The summed E-state index contributed by atoms with van der Waals surface area (Å²) in [4.78, 5) is 21.5. The van der Waals surface area contributed by atoms with Crippen molar-refractivity contribution in [3.8, 4) is 0 Å². The Morgan fingerprint density at radius 3 is 2.88 bits per heavy atom. The van der Waals surface area contributed by atoms with Gasteiger partial charge in [0.05, 0.1) is 4.92 Å². The third-order valence-electron chi connectivity index (χ3n) is 1.96. The van der Waals surface area contributed by atoms with Gasteiger partial charge in [-0.2, -0.15) is 0 Å². The molecule has 5 nitrogen and oxygen atoms in total. The zero-order valence-electron chi connectivity index (χ0n) is 9.01. The number of carbonyl (C=O) groups is 1. The van der Waals surface area contributed by atoms with Crippen LogP contribution in [-0.2, 0) is 4.74 Å². The van der Waals surface area contributed by atoms with E-state index in [1.54, 1.807) is 6.07 Å². The van der Waals surface area contributed by atoms with Crippen molar-refractivity contribution >= 4 is 11.5 Å². The lowest BCUT2D eigenvalue weighted by Crippen LogP contribution is -2.09. The molecule has 0 fully saturated rings. The van der Waals surface area contributed by atoms with Crippen molar-refractivity contribution in [2.45, 2.75) is 13.3 Å². The van der Waals surface area contributed by atoms with E-state index in [0.717, 1.165) is 6.42 Å². The molecule has 0 saturated heterocycles. The lowest BCUT2D eigenvalue weighted by Gasteiger charge is -2.01. The number of non-ortho nitro benzene ring substituents is 1. The fourth-order valence-electron chi connectivity index (χ4n) is 1.19. The first-order valence-corrected chi connectivity index (χ1v) is 5.00. The molecule has 0 saturated carbocycles. The van der Waals surface area contributed by atoms with Crippen LogP contribution in [0.5, 0.6) is 0 Å². The second-order valence-electron chi connectivity index (χ2n) is 3.28. The van der Waals surface area contributed by atoms with Crippen LogP contribution in [0.3, 0.4) is 0 Å². The summed E-state index contributed by atoms with van der Waals surface area (Å²) >= 11 is 0. The molecular weight excluding hydrogens is 210 g/mol. The van der Waals surface area contributed by atoms with Crippen LogP contribution in [0.1, 0.15) is 23.7 Å². The standard InChI is InChI=1S/C11H13NO4/c1-2-6-16-8-11(13)9-4-3-5-10(7-9)12(14)15/h3-5,7H,2,6,8H2,1H3. The summed E-state index contributed by atoms with van der Waals surface area (Å²) in [6.07, 6.45) is 0.836. The summed E-state index contributed by atoms with van der Waals surface area (Å²) in [5, 5.41) is 10.5. The molecule has 0 bridgehead atoms. The van der Waals surface area contributed by atoms with Gasteiger partial charge in [-0.3, -0.25) is 14.9 Å². The molecule has 0 aliphatic rings. The smallest absolute Gasteiger partial charge is 0.270 e. The van der Waals surface area contributed by atoms with Gasteiger partial charge < -0.3 is 4.74 Å². The maximum absolute atomic E-state index is 11.5. The summed E-state index contributed by atoms with van der Waals surface area (Å²) in [6, 6.07) is 5.65. The van der Waals surface area contributed by atoms with E-state index < -0.39 is 4.92 Å². The normalized spacial score (nSPS) is 10.1. The molecule has 0 aromatic heterocycles. The minimum absolute atomic E-state index is 0.0327. The number of nitro benzene ring substituents is 1. The van der Waals surface area contributed by atoms with Crippen molar-refractivity contribution in [3.63, 3.8) is 0 Å². The van der Waals surface area contributed by atoms with Gasteiger partial charge >= 0.3 is 0 Å². The Kier molecular flexibility index (Phi) is 4.60. The molecule has 1 aromatic rings. The highest BCUT2D eigenvalue weighted by Gasteiger charge is 2.11. The van der Waals surface area contributed by atoms with E-state index in [1.807, 2.05) is 6.92 Å². The number of ketones is 1. The fourth-order valence-corrected chi connectivity index (χ4v) is 1.19. The molecule has 0 atom stereocenters. The number of benzene rings is 1. The Labute approximate surface area is 93.2 Å². The number of nitrogens with zero attached hydrogens (tertiary/aromatic N) is 1. The second kappa shape index (κ2) is 5.97. The molecule has 0 spiro atoms. The van der Waals surface area contributed by atoms with E-state index in [-0.39, 0.29) is 18.1 Å². The first kappa shape index (κ1) is 12.3. The van der Waals surface area contributed by atoms with Crippen LogP contribution >= 0.6 is 0 Å². The zero-order valence-corrected chi connectivity index (χ0v) is 9.01. The molecule has 5 heteroatoms. The fraction of sp³-hybridized carbons (Fsp3) is 0.364. The van der Waals surface area contributed by atoms with Crippen LogP contribution in [0, 0.1) is 10.1 Å². The SMILES string of the molecule is CCCOCC(=O)c1cccc([N+](=O)[O-])c1. The average molecular weight is 223 g/mol. The largest absolute Gasteiger partial charge is 0.373 e. The van der Waals surface area contributed by atoms with Crippen molar-refractivity contribution in [1.29, 1.82) is 0 Å². The first-order valence-electron chi connectivity index (χ1n) is 5.00. The topological polar surface area (TPSA) is 69.4 Å². The van der Waals surface area contributed by atoms with Crippen molar-refractivity contribution < 1.29 is 14.5 Å². The third-order valence-corrected chi connectivity index (χ3v) is 1.96. The van der Waals surface area contributed by atoms with Crippen LogP contribution < -0.4 is 0 Å². The van der Waals surface area contributed by atoms with Gasteiger partial charge in [0.1, 0.15) is 6.61 Å². The van der Waals surface area contributed by atoms with Gasteiger partial charge in [0.15, 0.2) is 5.78 Å². The molecule has 1 rings (SSSR count). The zero-order chi connectivity index (χ0) is 12.0. The highest BCUT2D eigenvalue weighted by Crippen LogP contribution is 2.13. The van der Waals surface area contributed by atoms with Gasteiger partial charge in [0.2, 0.25) is 0 Å². The molecule has 0 heterocycles. The number of ether oxygens (including phenoxy) is 1. The number of hydrogen-bond acceptors (Lipinski definition) is 4. The van der Waals surface area contributed by atoms with Crippen molar-refractivity contribution in [2.75, 3.05) is 13.2 Å². The molecule has 16 heavy (non-hydrogen) atoms. The lowest BCUT2D eigenvalue weighted by molar-refractivity contribution is -0.384. The van der Waals surface area contributed by atoms with E-state index in [1.165, 1.54) is 18.2 Å². The van der Waals surface area contributed by atoms with E-state index >= 15 is 0 Å². The average Bonchev–Trinajstić information content (AvgIpc) is 2.29. The number of Topliss-reactive ketones (excluding diaryl/α,β-unsaturated/α-hetero) is 1. The van der Waals surface area contributed by atoms with E-state index in [4.69, 9.17) is 4.74 Å². The van der Waals surface area contributed by atoms with Crippen LogP contribution in [0.25, 0.3) is 0 Å². The predicted molar refractivity (Wildman–Crippen MR) is 58.5 cm³/mol. The molecule has 0 unspecified atom stereocenters. The molecule has 0 aliphatic carbocycles. The maximum Gasteiger partial charge on any atom is 0.270 e. The van der Waals surface area contributed by atoms with Crippen LogP contribution in [0.2, 0.25) is 0 Å². The van der Waals surface area contributed by atoms with Gasteiger partial charge in [0, 0.05) is 24.3 Å². The lowest BCUT2D eigenvalue weighted by atomic mass is 10.1. The van der Waals surface area contributed by atoms with Crippen LogP contribution in [0.4, 0.5) is 5.69 Å². The Bertz CT molecular complexity index is 389. The Morgan fingerprint density at radius 1 is 1.50 bits per heavy atom. The Hall–Kier alpha value is -1.75. The van der Waals surface area contributed by atoms with Gasteiger partial charge in [-0.1, -0.05) is 19.1 Å². The molecular formula is C11H13NO4. The van der Waals surface area contributed by atoms with Gasteiger partial charge in [-0.15, -0.1) is 0 Å². The number of nitro groups is 1. The summed E-state index contributed by atoms with van der Waals surface area (Å²) in [5.41, 5.74) is 0.228. The van der Waals surface area contributed by atoms with Gasteiger partial charge in [-0.05, 0) is 6.42 Å². The number of carbonyl (C=O) groups excluding carboxylic acids is 1. The predicted octanol–water partition coefficient (Wildman–Crippen LogP) is 2.20. The van der Waals surface area contributed by atoms with E-state index in [9.17, 15) is 14.9 Å². The monoisotopic (exact) mass is 223 g/mol. The quantitative estimate of drug-likeness (QED) is 0.321. The molecule has 0 aliphatic heterocycles. The molecule has 1 aromatic carbocycles. The molecule has 0 radical (unpaired) electrons. The second-order valence-corrected chi connectivity index (χ2v) is 3.28. The molecule has 0 N–H and O–H groups in total. The minimum atomic E-state index is -0.524. The summed E-state index contributed by atoms with van der Waals surface area (Å²) in [7, 11) is 0. The van der Waals surface area contributed by atoms with E-state index in [2.05, 4.69) is 0 Å². The van der Waals surface area contributed by atoms with Crippen LogP contribution in [0.15, 0.2) is 24.3 Å². The summed E-state index contributed by atoms with van der Waals surface area (Å²) in [6.45, 7) is 2.42. The Morgan fingerprint density at radius 2 is 2.25 bits per heavy atom. The highest BCUT2D eigenvalue weighted by atomic mass is 16.6. The number of hydrogen-bond donors (Lipinski definition) is 0. The van der Waals surface area contributed by atoms with Crippen LogP contribution in [-0.4, -0.2) is 23.9 Å². The highest BCUT2D eigenvalue weighted by molar-refractivity contribution is 5.97. The van der Waals surface area contributed by atoms with Crippen molar-refractivity contribution in [3.05, 3.63) is 39.9 Å². The number of rotatable bonds is 6. The molecule has 0 amide bonds. The first-order chi connectivity index (χ1) is 7.65. The Balaban J connectivity index is 2.68. The third kappa shape index (κ3) is 3.43. The van der Waals surface area contributed by atoms with E-state index in [0.29, 0.717) is 12.2 Å². The minimum Gasteiger partial charge on any atom is -0.373 e. The van der Waals surface area contributed by atoms with Crippen molar-refractivity contribution in [2.24, 2.45) is 0 Å². The maximum atomic E-state index is 11.5.